The van der Waals surface area contributed by atoms with Gasteiger partial charge in [-0.3, -0.25) is 9.97 Å². The maximum Gasteiger partial charge on any atom is 3.00 e. The van der Waals surface area contributed by atoms with Crippen LogP contribution in [0.1, 0.15) is 28.5 Å². The summed E-state index contributed by atoms with van der Waals surface area (Å²) in [5.74, 6) is 0. The molecule has 0 bridgehead atoms. The van der Waals surface area contributed by atoms with Crippen LogP contribution in [-0.4, -0.2) is 9.97 Å². The van der Waals surface area contributed by atoms with E-state index in [1.165, 1.54) is 0 Å². The van der Waals surface area contributed by atoms with Crippen molar-refractivity contribution in [3.8, 4) is 34.2 Å². The normalized spacial score (nSPS) is 9.41. The molecule has 8 rings (SSSR count). The zero-order valence-electron chi connectivity index (χ0n) is 28.0. The smallest absolute Gasteiger partial charge is 0.665 e. The Balaban J connectivity index is 0.000000226. The minimum atomic E-state index is 0. The fraction of sp³-hybridized carbons (Fsp3) is 0.128. The van der Waals surface area contributed by atoms with Crippen LogP contribution in [0.3, 0.4) is 0 Å². The number of rotatable bonds is 3. The molecule has 0 aliphatic rings. The van der Waals surface area contributed by atoms with Crippen LogP contribution in [0, 0.1) is 34.6 Å². The second-order valence-corrected chi connectivity index (χ2v) is 10.4. The van der Waals surface area contributed by atoms with Gasteiger partial charge in [0.05, 0.1) is 0 Å². The van der Waals surface area contributed by atoms with Gasteiger partial charge in [-0.25, -0.2) is 0 Å². The van der Waals surface area contributed by atoms with Crippen molar-refractivity contribution in [3.05, 3.63) is 169 Å². The van der Waals surface area contributed by atoms with E-state index in [2.05, 4.69) is 39.9 Å². The minimum Gasteiger partial charge on any atom is -0.665 e. The molecule has 0 atom stereocenters. The minimum absolute atomic E-state index is 0. The van der Waals surface area contributed by atoms with Crippen LogP contribution >= 0.6 is 0 Å². The van der Waals surface area contributed by atoms with Gasteiger partial charge < -0.3 is 29.9 Å². The molecule has 0 radical (unpaired) electrons. The number of aryl methyl sites for hydroxylation is 5. The Morgan fingerprint density at radius 2 is 0.653 bits per heavy atom. The van der Waals surface area contributed by atoms with Gasteiger partial charge in [0.25, 0.3) is 0 Å². The summed E-state index contributed by atoms with van der Waals surface area (Å²) in [5, 5.41) is 0. The maximum atomic E-state index is 4.55. The summed E-state index contributed by atoms with van der Waals surface area (Å²) in [7, 11) is 0. The first-order valence-electron chi connectivity index (χ1n) is 15.2. The summed E-state index contributed by atoms with van der Waals surface area (Å²) >= 11 is 0. The Bertz CT molecular complexity index is 1790. The Morgan fingerprint density at radius 1 is 0.327 bits per heavy atom. The molecular formula is C39H38Ir2N8. The average molecular weight is 1000 g/mol. The van der Waals surface area contributed by atoms with Crippen LogP contribution in [0.5, 0.6) is 0 Å². The van der Waals surface area contributed by atoms with Gasteiger partial charge in [-0.1, -0.05) is 120 Å². The van der Waals surface area contributed by atoms with E-state index in [1.54, 1.807) is 31.0 Å². The Morgan fingerprint density at radius 3 is 0.898 bits per heavy atom. The predicted octanol–water partition coefficient (Wildman–Crippen LogP) is 7.50. The van der Waals surface area contributed by atoms with Crippen LogP contribution in [0.15, 0.2) is 140 Å². The monoisotopic (exact) mass is 1000 g/mol. The van der Waals surface area contributed by atoms with Crippen molar-refractivity contribution in [2.45, 2.75) is 34.6 Å². The molecule has 49 heavy (non-hydrogen) atoms. The van der Waals surface area contributed by atoms with Gasteiger partial charge in [0.2, 0.25) is 0 Å². The van der Waals surface area contributed by atoms with E-state index < -0.39 is 0 Å². The summed E-state index contributed by atoms with van der Waals surface area (Å²) in [6.07, 6.45) is 8.78. The largest absolute Gasteiger partial charge is 3.00 e. The summed E-state index contributed by atoms with van der Waals surface area (Å²) in [6, 6.07) is 35.2. The van der Waals surface area contributed by atoms with E-state index in [0.29, 0.717) is 0 Å². The van der Waals surface area contributed by atoms with Gasteiger partial charge >= 0.3 is 40.2 Å². The molecule has 0 saturated carbocycles. The zero-order valence-corrected chi connectivity index (χ0v) is 32.8. The first-order chi connectivity index (χ1) is 22.9. The van der Waals surface area contributed by atoms with Crippen LogP contribution in [-0.2, 0) is 40.2 Å². The van der Waals surface area contributed by atoms with E-state index in [9.17, 15) is 0 Å². The standard InChI is InChI=1S/C14H12N3.C9H8N2.C6H8N.2C5H5N.2Ir/c1-9-3-5-11(15-9)13-7-8-14(17-13)12-6-4-10(2)16-12;1-7-4-5-9(11-7)8-3-2-6-10-8;1-5-3-4-6(2)7-5;2*1-2-4-6-5-3-1;;/h3-8H,1-2H3;2-6H,1H3;3-4H,1-2H3;2*1-5H;;/q-3;-2;-1;;;2*+3. The Labute approximate surface area is 315 Å². The van der Waals surface area contributed by atoms with Crippen molar-refractivity contribution in [1.82, 2.24) is 39.9 Å². The molecule has 0 aliphatic carbocycles. The molecule has 0 N–H and O–H groups in total. The molecule has 8 heterocycles. The van der Waals surface area contributed by atoms with E-state index in [-0.39, 0.29) is 40.2 Å². The van der Waals surface area contributed by atoms with Gasteiger partial charge in [0.1, 0.15) is 0 Å². The molecule has 0 saturated heterocycles. The summed E-state index contributed by atoms with van der Waals surface area (Å²) < 4.78 is 0. The molecule has 8 nitrogen and oxygen atoms in total. The van der Waals surface area contributed by atoms with E-state index in [1.807, 2.05) is 144 Å². The average Bonchev–Trinajstić information content (AvgIpc) is 3.94. The van der Waals surface area contributed by atoms with Gasteiger partial charge in [0.15, 0.2) is 0 Å². The first kappa shape index (κ1) is 40.5. The summed E-state index contributed by atoms with van der Waals surface area (Å²) in [6.45, 7) is 9.93. The fourth-order valence-electron chi connectivity index (χ4n) is 4.14. The molecule has 8 aromatic rings. The second kappa shape index (κ2) is 22.0. The predicted molar refractivity (Wildman–Crippen MR) is 188 cm³/mol. The van der Waals surface area contributed by atoms with E-state index in [0.717, 1.165) is 62.6 Å². The first-order valence-corrected chi connectivity index (χ1v) is 15.2. The Kier molecular flexibility index (Phi) is 18.2. The molecule has 10 heteroatoms. The molecule has 0 fully saturated rings. The topological polar surface area (TPSA) is 110 Å². The molecular weight excluding hydrogens is 965 g/mol. The maximum absolute atomic E-state index is 4.55. The van der Waals surface area contributed by atoms with E-state index in [4.69, 9.17) is 0 Å². The molecule has 0 unspecified atom stereocenters. The summed E-state index contributed by atoms with van der Waals surface area (Å²) in [4.78, 5) is 33.5. The van der Waals surface area contributed by atoms with Crippen molar-refractivity contribution < 1.29 is 40.2 Å². The molecule has 0 aromatic carbocycles. The van der Waals surface area contributed by atoms with Crippen LogP contribution in [0.25, 0.3) is 34.2 Å². The fourth-order valence-corrected chi connectivity index (χ4v) is 4.14. The van der Waals surface area contributed by atoms with Crippen molar-refractivity contribution in [1.29, 1.82) is 0 Å². The van der Waals surface area contributed by atoms with Crippen molar-refractivity contribution in [2.24, 2.45) is 0 Å². The second-order valence-electron chi connectivity index (χ2n) is 10.4. The van der Waals surface area contributed by atoms with Crippen molar-refractivity contribution in [3.63, 3.8) is 0 Å². The quantitative estimate of drug-likeness (QED) is 0.179. The molecule has 0 amide bonds. The Hall–Kier alpha value is -4.72. The molecule has 8 aromatic heterocycles. The van der Waals surface area contributed by atoms with Gasteiger partial charge in [0, 0.05) is 24.8 Å². The number of pyridine rings is 2. The number of hydrogen-bond acceptors (Lipinski definition) is 2. The van der Waals surface area contributed by atoms with Crippen LogP contribution in [0.2, 0.25) is 0 Å². The van der Waals surface area contributed by atoms with Gasteiger partial charge in [-0.15, -0.1) is 0 Å². The van der Waals surface area contributed by atoms with Crippen LogP contribution in [0.4, 0.5) is 0 Å². The van der Waals surface area contributed by atoms with Crippen molar-refractivity contribution in [2.75, 3.05) is 0 Å². The number of hydrogen-bond donors (Lipinski definition) is 0. The third kappa shape index (κ3) is 14.5. The summed E-state index contributed by atoms with van der Waals surface area (Å²) in [5.41, 5.74) is 10.9. The van der Waals surface area contributed by atoms with E-state index >= 15 is 0 Å². The van der Waals surface area contributed by atoms with Crippen LogP contribution < -0.4 is 29.9 Å². The molecule has 0 aliphatic heterocycles. The van der Waals surface area contributed by atoms with Crippen molar-refractivity contribution >= 4 is 0 Å². The van der Waals surface area contributed by atoms with Gasteiger partial charge in [-0.2, -0.15) is 68.8 Å². The zero-order chi connectivity index (χ0) is 33.3. The third-order valence-electron chi connectivity index (χ3n) is 6.37. The molecule has 252 valence electrons. The van der Waals surface area contributed by atoms with Gasteiger partial charge in [-0.05, 0) is 24.3 Å². The molecule has 0 spiro atoms. The number of nitrogens with zero attached hydrogens (tertiary/aromatic N) is 8. The number of aromatic nitrogens is 8. The SMILES string of the molecule is Cc1ccc(-c2ccc(-c3ccc(C)[n-]3)[n-]2)[n-]1.Cc1ccc(-c2ccc[n-]2)[n-]1.Cc1ccc(C)[n-]1.[Ir+3].[Ir+3].c1ccncc1.c1ccncc1. The third-order valence-corrected chi connectivity index (χ3v) is 6.37.